The Morgan fingerprint density at radius 3 is 2.52 bits per heavy atom. The normalized spacial score (nSPS) is 23.7. The number of nitrogens with zero attached hydrogens (tertiary/aromatic N) is 3. The Bertz CT molecular complexity index is 737. The monoisotopic (exact) mass is 387 g/mol. The van der Waals surface area contributed by atoms with E-state index in [9.17, 15) is 18.0 Å². The number of hydrogen-bond acceptors (Lipinski definition) is 3. The van der Waals surface area contributed by atoms with E-state index in [2.05, 4.69) is 38.9 Å². The van der Waals surface area contributed by atoms with Crippen molar-refractivity contribution in [3.8, 4) is 0 Å². The summed E-state index contributed by atoms with van der Waals surface area (Å²) in [5, 5.41) is 4.48. The lowest BCUT2D eigenvalue weighted by Crippen LogP contribution is -2.49. The second kappa shape index (κ2) is 7.30. The van der Waals surface area contributed by atoms with Gasteiger partial charge in [0, 0.05) is 13.2 Å². The summed E-state index contributed by atoms with van der Waals surface area (Å²) in [6, 6.07) is -0.418. The first-order valence-electron chi connectivity index (χ1n) is 8.96. The molecule has 1 aliphatic rings. The number of carbonyl (C=O) groups excluding carboxylic acids is 1. The summed E-state index contributed by atoms with van der Waals surface area (Å²) in [5.41, 5.74) is -0.652. The molecule has 0 aromatic carbocycles. The Morgan fingerprint density at radius 1 is 1.44 bits per heavy atom. The molecule has 0 radical (unpaired) electrons. The molecule has 3 atom stereocenters. The third-order valence-corrected chi connectivity index (χ3v) is 5.35. The van der Waals surface area contributed by atoms with Gasteiger partial charge in [0.25, 0.3) is 5.91 Å². The lowest BCUT2D eigenvalue weighted by atomic mass is 9.63. The molecule has 0 aliphatic heterocycles. The van der Waals surface area contributed by atoms with E-state index >= 15 is 0 Å². The van der Waals surface area contributed by atoms with Crippen LogP contribution in [0.3, 0.4) is 0 Å². The molecular weight excluding hydrogens is 359 g/mol. The van der Waals surface area contributed by atoms with E-state index < -0.39 is 29.4 Å². The molecule has 0 saturated carbocycles. The van der Waals surface area contributed by atoms with Crippen molar-refractivity contribution >= 4 is 5.91 Å². The van der Waals surface area contributed by atoms with Gasteiger partial charge in [-0.1, -0.05) is 32.4 Å². The summed E-state index contributed by atoms with van der Waals surface area (Å²) in [7, 11) is 2.66. The van der Waals surface area contributed by atoms with Gasteiger partial charge in [0.1, 0.15) is 0 Å². The van der Waals surface area contributed by atoms with Gasteiger partial charge < -0.3 is 0 Å². The van der Waals surface area contributed by atoms with E-state index in [1.807, 2.05) is 6.92 Å². The minimum atomic E-state index is -4.72. The lowest BCUT2D eigenvalue weighted by molar-refractivity contribution is -0.150. The van der Waals surface area contributed by atoms with Gasteiger partial charge in [-0.15, -0.1) is 0 Å². The van der Waals surface area contributed by atoms with Gasteiger partial charge in [0.15, 0.2) is 5.69 Å². The number of hydrogen-bond donors (Lipinski definition) is 0. The van der Waals surface area contributed by atoms with E-state index in [-0.39, 0.29) is 17.3 Å². The molecule has 0 spiro atoms. The van der Waals surface area contributed by atoms with Crippen LogP contribution in [0.25, 0.3) is 0 Å². The molecule has 8 heteroatoms. The number of allylic oxidation sites excluding steroid dienone is 2. The first kappa shape index (κ1) is 21.5. The third kappa shape index (κ3) is 4.20. The first-order chi connectivity index (χ1) is 12.3. The molecule has 3 unspecified atom stereocenters. The predicted octanol–water partition coefficient (Wildman–Crippen LogP) is 4.46. The van der Waals surface area contributed by atoms with Gasteiger partial charge in [0.2, 0.25) is 0 Å². The smallest absolute Gasteiger partial charge is 0.274 e. The molecule has 1 aliphatic carbocycles. The van der Waals surface area contributed by atoms with Crippen LogP contribution in [0.5, 0.6) is 0 Å². The largest absolute Gasteiger partial charge is 0.435 e. The SMILES string of the molecule is CON(C(=O)c1cn(C)nc1C(F)(F)F)C(C)C1C(C)CC(C)=CC1(C)C. The maximum absolute atomic E-state index is 13.3. The van der Waals surface area contributed by atoms with Crippen molar-refractivity contribution in [2.75, 3.05) is 7.11 Å². The van der Waals surface area contributed by atoms with Crippen LogP contribution in [0.1, 0.15) is 57.1 Å². The Kier molecular flexibility index (Phi) is 5.80. The molecule has 0 bridgehead atoms. The van der Waals surface area contributed by atoms with Crippen molar-refractivity contribution in [2.24, 2.45) is 24.3 Å². The van der Waals surface area contributed by atoms with Crippen LogP contribution >= 0.6 is 0 Å². The number of aromatic nitrogens is 2. The molecule has 152 valence electrons. The molecule has 27 heavy (non-hydrogen) atoms. The minimum absolute atomic E-state index is 0.0242. The maximum atomic E-state index is 13.3. The molecular formula is C19H28F3N3O2. The fraction of sp³-hybridized carbons (Fsp3) is 0.684. The van der Waals surface area contributed by atoms with E-state index in [4.69, 9.17) is 4.84 Å². The standard InChI is InChI=1S/C19H28F3N3O2/c1-11-8-12(2)15(18(4,5)9-11)13(3)25(27-7)17(26)14-10-24(6)23-16(14)19(20,21)22/h9-10,12-13,15H,8H2,1-7H3. The molecule has 2 rings (SSSR count). The number of aryl methyl sites for hydroxylation is 1. The number of alkyl halides is 3. The molecule has 5 nitrogen and oxygen atoms in total. The van der Waals surface area contributed by atoms with Crippen LogP contribution in [0.4, 0.5) is 13.2 Å². The lowest BCUT2D eigenvalue weighted by Gasteiger charge is -2.46. The van der Waals surface area contributed by atoms with Gasteiger partial charge in [-0.25, -0.2) is 5.06 Å². The van der Waals surface area contributed by atoms with Crippen molar-refractivity contribution in [3.05, 3.63) is 29.1 Å². The Hall–Kier alpha value is -1.83. The van der Waals surface area contributed by atoms with Crippen LogP contribution in [-0.2, 0) is 18.1 Å². The molecule has 0 fully saturated rings. The zero-order valence-corrected chi connectivity index (χ0v) is 16.9. The van der Waals surface area contributed by atoms with Gasteiger partial charge in [-0.3, -0.25) is 14.3 Å². The van der Waals surface area contributed by atoms with E-state index in [0.717, 1.165) is 22.4 Å². The van der Waals surface area contributed by atoms with Gasteiger partial charge >= 0.3 is 6.18 Å². The van der Waals surface area contributed by atoms with Crippen LogP contribution in [-0.4, -0.2) is 33.9 Å². The van der Waals surface area contributed by atoms with Crippen LogP contribution < -0.4 is 0 Å². The Morgan fingerprint density at radius 2 is 2.04 bits per heavy atom. The van der Waals surface area contributed by atoms with Crippen molar-refractivity contribution in [2.45, 2.75) is 53.3 Å². The van der Waals surface area contributed by atoms with Crippen LogP contribution in [0, 0.1) is 17.3 Å². The van der Waals surface area contributed by atoms with Gasteiger partial charge in [-0.05, 0) is 37.5 Å². The zero-order valence-electron chi connectivity index (χ0n) is 16.9. The highest BCUT2D eigenvalue weighted by Gasteiger charge is 2.45. The summed E-state index contributed by atoms with van der Waals surface area (Å²) < 4.78 is 40.8. The fourth-order valence-corrected chi connectivity index (χ4v) is 4.81. The first-order valence-corrected chi connectivity index (χ1v) is 8.96. The number of carbonyl (C=O) groups is 1. The minimum Gasteiger partial charge on any atom is -0.274 e. The summed E-state index contributed by atoms with van der Waals surface area (Å²) in [6.07, 6.45) is -0.571. The second-order valence-electron chi connectivity index (χ2n) is 8.14. The summed E-state index contributed by atoms with van der Waals surface area (Å²) in [6.45, 7) is 10.2. The molecule has 0 saturated heterocycles. The molecule has 1 aromatic heterocycles. The van der Waals surface area contributed by atoms with Crippen LogP contribution in [0.2, 0.25) is 0 Å². The average Bonchev–Trinajstić information content (AvgIpc) is 2.87. The zero-order chi connectivity index (χ0) is 20.7. The molecule has 0 N–H and O–H groups in total. The van der Waals surface area contributed by atoms with Crippen molar-refractivity contribution in [3.63, 3.8) is 0 Å². The predicted molar refractivity (Wildman–Crippen MR) is 95.7 cm³/mol. The van der Waals surface area contributed by atoms with Crippen molar-refractivity contribution in [1.82, 2.24) is 14.8 Å². The third-order valence-electron chi connectivity index (χ3n) is 5.35. The van der Waals surface area contributed by atoms with Gasteiger partial charge in [-0.2, -0.15) is 18.3 Å². The highest BCUT2D eigenvalue weighted by atomic mass is 19.4. The topological polar surface area (TPSA) is 47.4 Å². The van der Waals surface area contributed by atoms with E-state index in [1.165, 1.54) is 19.7 Å². The van der Waals surface area contributed by atoms with Crippen molar-refractivity contribution < 1.29 is 22.8 Å². The molecule has 1 amide bonds. The van der Waals surface area contributed by atoms with E-state index in [1.54, 1.807) is 0 Å². The van der Waals surface area contributed by atoms with Crippen molar-refractivity contribution in [1.29, 1.82) is 0 Å². The highest BCUT2D eigenvalue weighted by Crippen LogP contribution is 2.45. The number of halogens is 3. The Labute approximate surface area is 158 Å². The maximum Gasteiger partial charge on any atom is 0.435 e. The Balaban J connectivity index is 2.41. The summed E-state index contributed by atoms with van der Waals surface area (Å²) in [4.78, 5) is 18.2. The summed E-state index contributed by atoms with van der Waals surface area (Å²) in [5.74, 6) is -0.558. The number of rotatable bonds is 4. The molecule has 1 heterocycles. The molecule has 1 aromatic rings. The van der Waals surface area contributed by atoms with Gasteiger partial charge in [0.05, 0.1) is 18.7 Å². The highest BCUT2D eigenvalue weighted by molar-refractivity contribution is 5.94. The number of hydroxylamine groups is 2. The number of amides is 1. The fourth-order valence-electron chi connectivity index (χ4n) is 4.81. The quantitative estimate of drug-likeness (QED) is 0.566. The second-order valence-corrected chi connectivity index (χ2v) is 8.14. The van der Waals surface area contributed by atoms with Crippen LogP contribution in [0.15, 0.2) is 17.8 Å². The average molecular weight is 387 g/mol. The summed E-state index contributed by atoms with van der Waals surface area (Å²) >= 11 is 0. The van der Waals surface area contributed by atoms with E-state index in [0.29, 0.717) is 0 Å².